The highest BCUT2D eigenvalue weighted by atomic mass is 32.1. The molecular formula is C22H19F2N3OS. The van der Waals surface area contributed by atoms with Gasteiger partial charge in [-0.25, -0.2) is 8.78 Å². The molecule has 0 unspecified atom stereocenters. The average molecular weight is 411 g/mol. The number of thiophene rings is 1. The van der Waals surface area contributed by atoms with E-state index in [1.807, 2.05) is 17.7 Å². The Balaban J connectivity index is 1.59. The maximum absolute atomic E-state index is 13.9. The molecule has 0 spiro atoms. The van der Waals surface area contributed by atoms with Crippen molar-refractivity contribution in [2.45, 2.75) is 20.0 Å². The molecule has 4 aromatic rings. The van der Waals surface area contributed by atoms with Crippen LogP contribution in [-0.2, 0) is 13.1 Å². The van der Waals surface area contributed by atoms with Crippen LogP contribution in [0.1, 0.15) is 26.5 Å². The fourth-order valence-corrected chi connectivity index (χ4v) is 4.39. The molecule has 0 aliphatic carbocycles. The van der Waals surface area contributed by atoms with E-state index in [1.54, 1.807) is 37.4 Å². The Kier molecular flexibility index (Phi) is 5.15. The topological polar surface area (TPSA) is 38.1 Å². The summed E-state index contributed by atoms with van der Waals surface area (Å²) >= 11 is 1.36. The molecule has 1 amide bonds. The van der Waals surface area contributed by atoms with Crippen LogP contribution in [0.15, 0.2) is 54.6 Å². The number of carbonyl (C=O) groups excluding carboxylic acids is 1. The summed E-state index contributed by atoms with van der Waals surface area (Å²) in [7, 11) is 1.66. The molecule has 7 heteroatoms. The molecule has 0 aliphatic heterocycles. The molecule has 2 aromatic carbocycles. The second kappa shape index (κ2) is 7.75. The fraction of sp³-hybridized carbons (Fsp3) is 0.182. The molecule has 29 heavy (non-hydrogen) atoms. The number of nitrogens with zero attached hydrogens (tertiary/aromatic N) is 3. The van der Waals surface area contributed by atoms with Gasteiger partial charge in [-0.15, -0.1) is 11.3 Å². The summed E-state index contributed by atoms with van der Waals surface area (Å²) in [6.45, 7) is 2.58. The Bertz CT molecular complexity index is 1180. The molecule has 148 valence electrons. The standard InChI is InChI=1S/C22H19F2N3OS/c1-14-18-11-20(21(28)26(2)13-16-5-3-4-6-19(16)24)29-22(18)27(25-14)12-15-7-9-17(23)10-8-15/h3-11H,12-13H2,1-2H3. The fourth-order valence-electron chi connectivity index (χ4n) is 3.23. The highest BCUT2D eigenvalue weighted by molar-refractivity contribution is 7.20. The van der Waals surface area contributed by atoms with Crippen molar-refractivity contribution in [2.24, 2.45) is 0 Å². The summed E-state index contributed by atoms with van der Waals surface area (Å²) in [5.41, 5.74) is 2.23. The Labute approximate surface area is 171 Å². The van der Waals surface area contributed by atoms with Gasteiger partial charge in [-0.05, 0) is 36.8 Å². The zero-order valence-electron chi connectivity index (χ0n) is 16.0. The van der Waals surface area contributed by atoms with E-state index in [1.165, 1.54) is 34.4 Å². The number of halogens is 2. The van der Waals surface area contributed by atoms with E-state index in [0.29, 0.717) is 17.0 Å². The van der Waals surface area contributed by atoms with E-state index in [4.69, 9.17) is 0 Å². The maximum Gasteiger partial charge on any atom is 0.264 e. The third-order valence-corrected chi connectivity index (χ3v) is 5.91. The molecule has 2 aromatic heterocycles. The highest BCUT2D eigenvalue weighted by Gasteiger charge is 2.20. The predicted octanol–water partition coefficient (Wildman–Crippen LogP) is 5.00. The van der Waals surface area contributed by atoms with Crippen molar-refractivity contribution < 1.29 is 13.6 Å². The lowest BCUT2D eigenvalue weighted by Crippen LogP contribution is -2.25. The lowest BCUT2D eigenvalue weighted by Gasteiger charge is -2.16. The Morgan fingerprint density at radius 3 is 2.59 bits per heavy atom. The Morgan fingerprint density at radius 1 is 1.14 bits per heavy atom. The summed E-state index contributed by atoms with van der Waals surface area (Å²) < 4.78 is 28.9. The van der Waals surface area contributed by atoms with Crippen LogP contribution in [0.25, 0.3) is 10.2 Å². The molecule has 2 heterocycles. The first-order valence-electron chi connectivity index (χ1n) is 9.12. The van der Waals surface area contributed by atoms with Crippen LogP contribution in [-0.4, -0.2) is 27.6 Å². The number of hydrogen-bond acceptors (Lipinski definition) is 3. The van der Waals surface area contributed by atoms with Gasteiger partial charge in [-0.3, -0.25) is 9.48 Å². The van der Waals surface area contributed by atoms with Crippen molar-refractivity contribution in [1.29, 1.82) is 0 Å². The van der Waals surface area contributed by atoms with Crippen LogP contribution < -0.4 is 0 Å². The second-order valence-corrected chi connectivity index (χ2v) is 7.98. The van der Waals surface area contributed by atoms with E-state index < -0.39 is 0 Å². The maximum atomic E-state index is 13.9. The third kappa shape index (κ3) is 3.91. The summed E-state index contributed by atoms with van der Waals surface area (Å²) in [5.74, 6) is -0.770. The SMILES string of the molecule is Cc1nn(Cc2ccc(F)cc2)c2sc(C(=O)N(C)Cc3ccccc3F)cc12. The smallest absolute Gasteiger partial charge is 0.264 e. The number of rotatable bonds is 5. The van der Waals surface area contributed by atoms with Gasteiger partial charge in [0.2, 0.25) is 0 Å². The molecule has 0 bridgehead atoms. The molecule has 0 saturated heterocycles. The molecule has 4 rings (SSSR count). The minimum Gasteiger partial charge on any atom is -0.337 e. The number of fused-ring (bicyclic) bond motifs is 1. The zero-order chi connectivity index (χ0) is 20.5. The van der Waals surface area contributed by atoms with E-state index >= 15 is 0 Å². The Morgan fingerprint density at radius 2 is 1.86 bits per heavy atom. The quantitative estimate of drug-likeness (QED) is 0.463. The van der Waals surface area contributed by atoms with Crippen LogP contribution >= 0.6 is 11.3 Å². The van der Waals surface area contributed by atoms with Gasteiger partial charge < -0.3 is 4.90 Å². The van der Waals surface area contributed by atoms with Gasteiger partial charge in [0, 0.05) is 24.5 Å². The molecule has 4 nitrogen and oxygen atoms in total. The molecule has 0 fully saturated rings. The summed E-state index contributed by atoms with van der Waals surface area (Å²) in [6.07, 6.45) is 0. The molecule has 0 radical (unpaired) electrons. The van der Waals surface area contributed by atoms with Crippen LogP contribution in [0, 0.1) is 18.6 Å². The van der Waals surface area contributed by atoms with Crippen molar-refractivity contribution in [1.82, 2.24) is 14.7 Å². The van der Waals surface area contributed by atoms with Gasteiger partial charge in [0.15, 0.2) is 0 Å². The van der Waals surface area contributed by atoms with Crippen molar-refractivity contribution in [2.75, 3.05) is 7.05 Å². The normalized spacial score (nSPS) is 11.2. The van der Waals surface area contributed by atoms with Crippen LogP contribution in [0.4, 0.5) is 8.78 Å². The van der Waals surface area contributed by atoms with Gasteiger partial charge in [0.25, 0.3) is 5.91 Å². The highest BCUT2D eigenvalue weighted by Crippen LogP contribution is 2.30. The molecule has 0 N–H and O–H groups in total. The number of hydrogen-bond donors (Lipinski definition) is 0. The van der Waals surface area contributed by atoms with Crippen molar-refractivity contribution >= 4 is 27.5 Å². The van der Waals surface area contributed by atoms with E-state index in [0.717, 1.165) is 21.5 Å². The zero-order valence-corrected chi connectivity index (χ0v) is 16.8. The molecule has 0 atom stereocenters. The first-order chi connectivity index (χ1) is 13.9. The van der Waals surface area contributed by atoms with Gasteiger partial charge in [-0.2, -0.15) is 5.10 Å². The molecule has 0 aliphatic rings. The lowest BCUT2D eigenvalue weighted by molar-refractivity contribution is 0.0788. The number of aromatic nitrogens is 2. The predicted molar refractivity (Wildman–Crippen MR) is 110 cm³/mol. The second-order valence-electron chi connectivity index (χ2n) is 6.95. The number of benzene rings is 2. The van der Waals surface area contributed by atoms with Crippen molar-refractivity contribution in [3.63, 3.8) is 0 Å². The van der Waals surface area contributed by atoms with Crippen LogP contribution in [0.3, 0.4) is 0 Å². The summed E-state index contributed by atoms with van der Waals surface area (Å²) in [4.78, 5) is 15.9. The largest absolute Gasteiger partial charge is 0.337 e. The van der Waals surface area contributed by atoms with Gasteiger partial charge in [-0.1, -0.05) is 30.3 Å². The number of aryl methyl sites for hydroxylation is 1. The Hall–Kier alpha value is -3.06. The number of carbonyl (C=O) groups is 1. The first-order valence-corrected chi connectivity index (χ1v) is 9.94. The van der Waals surface area contributed by atoms with Crippen LogP contribution in [0.5, 0.6) is 0 Å². The van der Waals surface area contributed by atoms with Crippen molar-refractivity contribution in [3.8, 4) is 0 Å². The lowest BCUT2D eigenvalue weighted by atomic mass is 10.2. The van der Waals surface area contributed by atoms with Crippen molar-refractivity contribution in [3.05, 3.63) is 87.9 Å². The average Bonchev–Trinajstić information content (AvgIpc) is 3.26. The molecule has 0 saturated carbocycles. The number of amides is 1. The van der Waals surface area contributed by atoms with E-state index in [2.05, 4.69) is 5.10 Å². The summed E-state index contributed by atoms with van der Waals surface area (Å²) in [5, 5.41) is 5.47. The van der Waals surface area contributed by atoms with Gasteiger partial charge in [0.1, 0.15) is 16.5 Å². The van der Waals surface area contributed by atoms with Gasteiger partial charge >= 0.3 is 0 Å². The minimum absolute atomic E-state index is 0.165. The summed E-state index contributed by atoms with van der Waals surface area (Å²) in [6, 6.07) is 14.6. The van der Waals surface area contributed by atoms with E-state index in [-0.39, 0.29) is 24.1 Å². The van der Waals surface area contributed by atoms with Gasteiger partial charge in [0.05, 0.1) is 17.1 Å². The first kappa shape index (κ1) is 19.3. The van der Waals surface area contributed by atoms with E-state index in [9.17, 15) is 13.6 Å². The monoisotopic (exact) mass is 411 g/mol. The molecular weight excluding hydrogens is 392 g/mol. The van der Waals surface area contributed by atoms with Crippen LogP contribution in [0.2, 0.25) is 0 Å². The third-order valence-electron chi connectivity index (χ3n) is 4.78. The minimum atomic E-state index is -0.325.